The average Bonchev–Trinajstić information content (AvgIpc) is 3.00. The van der Waals surface area contributed by atoms with Crippen molar-refractivity contribution in [1.82, 2.24) is 20.8 Å². The summed E-state index contributed by atoms with van der Waals surface area (Å²) in [5.41, 5.74) is 0.144. The van der Waals surface area contributed by atoms with Crippen molar-refractivity contribution in [2.75, 3.05) is 6.54 Å². The molecule has 0 fully saturated rings. The number of aromatic nitrogens is 2. The number of benzene rings is 1. The lowest BCUT2D eigenvalue weighted by Crippen LogP contribution is -2.35. The number of amides is 2. The van der Waals surface area contributed by atoms with Gasteiger partial charge in [0, 0.05) is 23.6 Å². The van der Waals surface area contributed by atoms with Gasteiger partial charge < -0.3 is 19.9 Å². The molecule has 2 amide bonds. The molecule has 0 saturated heterocycles. The molecule has 1 aromatic heterocycles. The summed E-state index contributed by atoms with van der Waals surface area (Å²) in [5, 5.41) is 9.58. The molecule has 0 aliphatic heterocycles. The van der Waals surface area contributed by atoms with E-state index < -0.39 is 11.7 Å². The Hall–Kier alpha value is -2.61. The van der Waals surface area contributed by atoms with Crippen molar-refractivity contribution >= 4 is 23.6 Å². The van der Waals surface area contributed by atoms with Gasteiger partial charge in [0.1, 0.15) is 5.60 Å². The monoisotopic (exact) mass is 380 g/mol. The van der Waals surface area contributed by atoms with Crippen LogP contribution < -0.4 is 10.6 Å². The highest BCUT2D eigenvalue weighted by Gasteiger charge is 2.16. The van der Waals surface area contributed by atoms with Crippen LogP contribution in [-0.4, -0.2) is 34.3 Å². The van der Waals surface area contributed by atoms with Crippen LogP contribution in [0.4, 0.5) is 4.79 Å². The van der Waals surface area contributed by atoms with Crippen LogP contribution in [0, 0.1) is 0 Å². The Morgan fingerprint density at radius 2 is 2.04 bits per heavy atom. The zero-order valence-electron chi connectivity index (χ0n) is 14.8. The molecule has 2 N–H and O–H groups in total. The van der Waals surface area contributed by atoms with Crippen LogP contribution in [0.1, 0.15) is 33.1 Å². The van der Waals surface area contributed by atoms with Crippen molar-refractivity contribution < 1.29 is 18.8 Å². The number of ether oxygens (including phenoxy) is 1. The van der Waals surface area contributed by atoms with Gasteiger partial charge in [-0.2, -0.15) is 4.98 Å². The number of nitrogens with zero attached hydrogens (tertiary/aromatic N) is 2. The van der Waals surface area contributed by atoms with Crippen molar-refractivity contribution in [2.24, 2.45) is 0 Å². The van der Waals surface area contributed by atoms with E-state index >= 15 is 0 Å². The normalized spacial score (nSPS) is 11.1. The maximum Gasteiger partial charge on any atom is 0.407 e. The maximum atomic E-state index is 11.8. The molecule has 8 nitrogen and oxygen atoms in total. The molecule has 1 heterocycles. The van der Waals surface area contributed by atoms with Crippen molar-refractivity contribution in [2.45, 2.75) is 39.3 Å². The molecule has 140 valence electrons. The van der Waals surface area contributed by atoms with Gasteiger partial charge in [-0.05, 0) is 32.9 Å². The zero-order chi connectivity index (χ0) is 19.2. The van der Waals surface area contributed by atoms with E-state index in [1.165, 1.54) is 0 Å². The van der Waals surface area contributed by atoms with Gasteiger partial charge in [0.05, 0.1) is 6.54 Å². The minimum absolute atomic E-state index is 0.0961. The fourth-order valence-corrected chi connectivity index (χ4v) is 2.12. The van der Waals surface area contributed by atoms with Gasteiger partial charge in [-0.1, -0.05) is 28.9 Å². The Morgan fingerprint density at radius 3 is 2.73 bits per heavy atom. The van der Waals surface area contributed by atoms with Crippen LogP contribution >= 0.6 is 11.6 Å². The minimum Gasteiger partial charge on any atom is -0.444 e. The highest BCUT2D eigenvalue weighted by molar-refractivity contribution is 6.30. The second kappa shape index (κ2) is 8.66. The Kier molecular flexibility index (Phi) is 6.57. The van der Waals surface area contributed by atoms with Crippen LogP contribution in [0.2, 0.25) is 5.02 Å². The van der Waals surface area contributed by atoms with Crippen molar-refractivity contribution in [1.29, 1.82) is 0 Å². The molecule has 0 radical (unpaired) electrons. The lowest BCUT2D eigenvalue weighted by Gasteiger charge is -2.19. The van der Waals surface area contributed by atoms with E-state index in [-0.39, 0.29) is 31.3 Å². The van der Waals surface area contributed by atoms with E-state index in [4.69, 9.17) is 20.9 Å². The molecule has 0 saturated carbocycles. The number of carbonyl (C=O) groups is 2. The molecule has 9 heteroatoms. The van der Waals surface area contributed by atoms with Crippen molar-refractivity contribution in [3.63, 3.8) is 0 Å². The van der Waals surface area contributed by atoms with Crippen LogP contribution in [0.25, 0.3) is 11.4 Å². The summed E-state index contributed by atoms with van der Waals surface area (Å²) in [5.74, 6) is 0.403. The Balaban J connectivity index is 1.74. The van der Waals surface area contributed by atoms with Crippen LogP contribution in [0.15, 0.2) is 28.8 Å². The smallest absolute Gasteiger partial charge is 0.407 e. The quantitative estimate of drug-likeness (QED) is 0.798. The number of hydrogen-bond acceptors (Lipinski definition) is 6. The molecule has 0 unspecified atom stereocenters. The first kappa shape index (κ1) is 19.7. The minimum atomic E-state index is -0.578. The number of hydrogen-bond donors (Lipinski definition) is 2. The van der Waals surface area contributed by atoms with Crippen LogP contribution in [0.5, 0.6) is 0 Å². The second-order valence-electron chi connectivity index (χ2n) is 6.48. The summed E-state index contributed by atoms with van der Waals surface area (Å²) >= 11 is 5.93. The summed E-state index contributed by atoms with van der Waals surface area (Å²) < 4.78 is 10.2. The number of halogens is 1. The van der Waals surface area contributed by atoms with E-state index in [9.17, 15) is 9.59 Å². The molecule has 0 aliphatic rings. The van der Waals surface area contributed by atoms with Gasteiger partial charge in [-0.25, -0.2) is 4.79 Å². The number of rotatable bonds is 6. The van der Waals surface area contributed by atoms with E-state index in [1.54, 1.807) is 45.0 Å². The lowest BCUT2D eigenvalue weighted by molar-refractivity contribution is -0.121. The fourth-order valence-electron chi connectivity index (χ4n) is 1.93. The first-order valence-corrected chi connectivity index (χ1v) is 8.43. The standard InChI is InChI=1S/C17H21ClN4O4/c1-17(2,3)25-16(24)19-8-7-13(23)20-10-14-21-15(22-26-14)11-5-4-6-12(18)9-11/h4-6,9H,7-8,10H2,1-3H3,(H,19,24)(H,20,23). The average molecular weight is 381 g/mol. The van der Waals surface area contributed by atoms with Crippen molar-refractivity contribution in [3.05, 3.63) is 35.2 Å². The molecule has 0 aliphatic carbocycles. The first-order chi connectivity index (χ1) is 12.2. The summed E-state index contributed by atoms with van der Waals surface area (Å²) in [6, 6.07) is 7.06. The van der Waals surface area contributed by atoms with Gasteiger partial charge in [0.15, 0.2) is 0 Å². The predicted octanol–water partition coefficient (Wildman–Crippen LogP) is 2.92. The van der Waals surface area contributed by atoms with E-state index in [0.717, 1.165) is 5.56 Å². The zero-order valence-corrected chi connectivity index (χ0v) is 15.6. The molecule has 2 rings (SSSR count). The van der Waals surface area contributed by atoms with Crippen LogP contribution in [-0.2, 0) is 16.1 Å². The highest BCUT2D eigenvalue weighted by atomic mass is 35.5. The van der Waals surface area contributed by atoms with E-state index in [0.29, 0.717) is 10.8 Å². The first-order valence-electron chi connectivity index (χ1n) is 8.05. The highest BCUT2D eigenvalue weighted by Crippen LogP contribution is 2.19. The molecule has 2 aromatic rings. The fraction of sp³-hybridized carbons (Fsp3) is 0.412. The largest absolute Gasteiger partial charge is 0.444 e. The summed E-state index contributed by atoms with van der Waals surface area (Å²) in [6.45, 7) is 5.56. The number of alkyl carbamates (subject to hydrolysis) is 1. The molecule has 0 spiro atoms. The molecular weight excluding hydrogens is 360 g/mol. The van der Waals surface area contributed by atoms with E-state index in [2.05, 4.69) is 20.8 Å². The van der Waals surface area contributed by atoms with Gasteiger partial charge in [-0.3, -0.25) is 4.79 Å². The molecule has 1 aromatic carbocycles. The maximum absolute atomic E-state index is 11.8. The van der Waals surface area contributed by atoms with Crippen LogP contribution in [0.3, 0.4) is 0 Å². The third kappa shape index (κ3) is 6.72. The summed E-state index contributed by atoms with van der Waals surface area (Å²) in [4.78, 5) is 27.5. The van der Waals surface area contributed by atoms with Gasteiger partial charge in [-0.15, -0.1) is 0 Å². The second-order valence-corrected chi connectivity index (χ2v) is 6.91. The van der Waals surface area contributed by atoms with Gasteiger partial charge in [0.2, 0.25) is 17.6 Å². The van der Waals surface area contributed by atoms with Crippen molar-refractivity contribution in [3.8, 4) is 11.4 Å². The SMILES string of the molecule is CC(C)(C)OC(=O)NCCC(=O)NCc1nc(-c2cccc(Cl)c2)no1. The Labute approximate surface area is 156 Å². The lowest BCUT2D eigenvalue weighted by atomic mass is 10.2. The molecular formula is C17H21ClN4O4. The predicted molar refractivity (Wildman–Crippen MR) is 95.4 cm³/mol. The number of carbonyl (C=O) groups excluding carboxylic acids is 2. The van der Waals surface area contributed by atoms with E-state index in [1.807, 2.05) is 0 Å². The molecule has 26 heavy (non-hydrogen) atoms. The molecule has 0 atom stereocenters. The summed E-state index contributed by atoms with van der Waals surface area (Å²) in [7, 11) is 0. The third-order valence-corrected chi connectivity index (χ3v) is 3.24. The Morgan fingerprint density at radius 1 is 1.27 bits per heavy atom. The topological polar surface area (TPSA) is 106 Å². The van der Waals surface area contributed by atoms with Gasteiger partial charge >= 0.3 is 6.09 Å². The van der Waals surface area contributed by atoms with Gasteiger partial charge in [0.25, 0.3) is 0 Å². The third-order valence-electron chi connectivity index (χ3n) is 3.01. The summed E-state index contributed by atoms with van der Waals surface area (Å²) in [6.07, 6.45) is -0.456. The Bertz CT molecular complexity index is 770. The molecule has 0 bridgehead atoms. The number of nitrogens with one attached hydrogen (secondary N) is 2.